The first-order valence-corrected chi connectivity index (χ1v) is 8.45. The highest BCUT2D eigenvalue weighted by atomic mass is 15.3. The van der Waals surface area contributed by atoms with Crippen molar-refractivity contribution in [3.63, 3.8) is 0 Å². The van der Waals surface area contributed by atoms with E-state index in [1.807, 2.05) is 7.05 Å². The number of piperidine rings is 1. The van der Waals surface area contributed by atoms with Crippen LogP contribution in [0.25, 0.3) is 0 Å². The molecular weight excluding hydrogens is 290 g/mol. The third-order valence-electron chi connectivity index (χ3n) is 4.64. The van der Waals surface area contributed by atoms with Gasteiger partial charge in [-0.2, -0.15) is 5.10 Å². The van der Waals surface area contributed by atoms with Crippen molar-refractivity contribution in [3.8, 4) is 0 Å². The van der Waals surface area contributed by atoms with Crippen LogP contribution in [0, 0.1) is 5.92 Å². The number of nitrogens with one attached hydrogen (secondary N) is 2. The van der Waals surface area contributed by atoms with Gasteiger partial charge in [0, 0.05) is 32.7 Å². The highest BCUT2D eigenvalue weighted by Crippen LogP contribution is 2.23. The quantitative estimate of drug-likeness (QED) is 0.625. The van der Waals surface area contributed by atoms with E-state index in [2.05, 4.69) is 51.4 Å². The topological polar surface area (TPSA) is 70.4 Å². The summed E-state index contributed by atoms with van der Waals surface area (Å²) in [5.74, 6) is 2.47. The van der Waals surface area contributed by atoms with Gasteiger partial charge in [-0.15, -0.1) is 0 Å². The molecule has 1 unspecified atom stereocenters. The molecule has 1 fully saturated rings. The van der Waals surface area contributed by atoms with Crippen molar-refractivity contribution < 1.29 is 0 Å². The van der Waals surface area contributed by atoms with Gasteiger partial charge in [0.1, 0.15) is 12.2 Å². The summed E-state index contributed by atoms with van der Waals surface area (Å²) in [5.41, 5.74) is 0.108. The second kappa shape index (κ2) is 7.77. The number of guanidine groups is 1. The Bertz CT molecular complexity index is 520. The van der Waals surface area contributed by atoms with E-state index >= 15 is 0 Å². The van der Waals surface area contributed by atoms with E-state index in [1.54, 1.807) is 18.1 Å². The van der Waals surface area contributed by atoms with Gasteiger partial charge in [-0.3, -0.25) is 14.6 Å². The minimum absolute atomic E-state index is 0.108. The van der Waals surface area contributed by atoms with Crippen LogP contribution >= 0.6 is 0 Å². The predicted octanol–water partition coefficient (Wildman–Crippen LogP) is 0.991. The van der Waals surface area contributed by atoms with Gasteiger partial charge >= 0.3 is 0 Å². The number of aryl methyl sites for hydroxylation is 1. The number of nitrogens with zero attached hydrogens (tertiary/aromatic N) is 5. The van der Waals surface area contributed by atoms with Gasteiger partial charge in [0.2, 0.25) is 0 Å². The summed E-state index contributed by atoms with van der Waals surface area (Å²) in [6.45, 7) is 10.8. The van der Waals surface area contributed by atoms with Crippen molar-refractivity contribution in [1.82, 2.24) is 30.3 Å². The van der Waals surface area contributed by atoms with Crippen molar-refractivity contribution >= 4 is 5.96 Å². The molecule has 1 aliphatic rings. The molecule has 1 aliphatic heterocycles. The average molecular weight is 321 g/mol. The van der Waals surface area contributed by atoms with E-state index in [0.29, 0.717) is 6.54 Å². The predicted molar refractivity (Wildman–Crippen MR) is 93.3 cm³/mol. The van der Waals surface area contributed by atoms with Gasteiger partial charge in [-0.1, -0.05) is 6.92 Å². The monoisotopic (exact) mass is 321 g/mol. The summed E-state index contributed by atoms with van der Waals surface area (Å²) >= 11 is 0. The normalized spacial score (nSPS) is 20.6. The van der Waals surface area contributed by atoms with Gasteiger partial charge in [0.15, 0.2) is 5.96 Å². The fraction of sp³-hybridized carbons (Fsp3) is 0.812. The van der Waals surface area contributed by atoms with Gasteiger partial charge < -0.3 is 10.6 Å². The molecule has 0 radical (unpaired) electrons. The molecule has 2 N–H and O–H groups in total. The molecule has 23 heavy (non-hydrogen) atoms. The Morgan fingerprint density at radius 1 is 1.43 bits per heavy atom. The van der Waals surface area contributed by atoms with Gasteiger partial charge in [0.25, 0.3) is 0 Å². The average Bonchev–Trinajstić information content (AvgIpc) is 2.93. The number of aromatic nitrogens is 3. The lowest BCUT2D eigenvalue weighted by molar-refractivity contribution is 0.0739. The zero-order valence-electron chi connectivity index (χ0n) is 15.1. The number of aliphatic imine (C=N–C) groups is 1. The van der Waals surface area contributed by atoms with E-state index < -0.39 is 0 Å². The van der Waals surface area contributed by atoms with Gasteiger partial charge in [-0.05, 0) is 39.2 Å². The molecule has 1 atom stereocenters. The molecule has 1 aromatic heterocycles. The highest BCUT2D eigenvalue weighted by molar-refractivity contribution is 5.79. The summed E-state index contributed by atoms with van der Waals surface area (Å²) in [7, 11) is 3.68. The minimum Gasteiger partial charge on any atom is -0.355 e. The fourth-order valence-corrected chi connectivity index (χ4v) is 3.01. The second-order valence-corrected chi connectivity index (χ2v) is 7.09. The summed E-state index contributed by atoms with van der Waals surface area (Å²) in [6.07, 6.45) is 4.21. The van der Waals surface area contributed by atoms with E-state index in [4.69, 9.17) is 0 Å². The molecule has 1 aromatic rings. The molecular formula is C16H31N7. The van der Waals surface area contributed by atoms with Crippen LogP contribution in [-0.2, 0) is 13.6 Å². The lowest BCUT2D eigenvalue weighted by Gasteiger charge is -2.43. The summed E-state index contributed by atoms with van der Waals surface area (Å²) in [5, 5.41) is 10.8. The van der Waals surface area contributed by atoms with E-state index in [0.717, 1.165) is 24.2 Å². The SMILES string of the molecule is CN=C(NCc1ncnn1C)NCC(C)(C)N1CCCC(C)C1. The Morgan fingerprint density at radius 2 is 2.22 bits per heavy atom. The van der Waals surface area contributed by atoms with Crippen molar-refractivity contribution in [1.29, 1.82) is 0 Å². The van der Waals surface area contributed by atoms with Crippen LogP contribution in [0.4, 0.5) is 0 Å². The molecule has 0 spiro atoms. The van der Waals surface area contributed by atoms with Crippen molar-refractivity contribution in [2.75, 3.05) is 26.7 Å². The molecule has 0 aromatic carbocycles. The first kappa shape index (κ1) is 17.7. The van der Waals surface area contributed by atoms with Gasteiger partial charge in [-0.25, -0.2) is 4.98 Å². The summed E-state index contributed by atoms with van der Waals surface area (Å²) in [6, 6.07) is 0. The first-order valence-electron chi connectivity index (χ1n) is 8.45. The summed E-state index contributed by atoms with van der Waals surface area (Å²) < 4.78 is 1.76. The molecule has 1 saturated heterocycles. The lowest BCUT2D eigenvalue weighted by atomic mass is 9.93. The van der Waals surface area contributed by atoms with Crippen molar-refractivity contribution in [2.45, 2.75) is 45.7 Å². The number of hydrogen-bond donors (Lipinski definition) is 2. The van der Waals surface area contributed by atoms with Crippen LogP contribution in [0.15, 0.2) is 11.3 Å². The van der Waals surface area contributed by atoms with E-state index in [-0.39, 0.29) is 5.54 Å². The molecule has 0 amide bonds. The molecule has 130 valence electrons. The maximum Gasteiger partial charge on any atom is 0.191 e. The molecule has 2 rings (SSSR count). The number of likely N-dealkylation sites (tertiary alicyclic amines) is 1. The largest absolute Gasteiger partial charge is 0.355 e. The highest BCUT2D eigenvalue weighted by Gasteiger charge is 2.30. The summed E-state index contributed by atoms with van der Waals surface area (Å²) in [4.78, 5) is 11.1. The minimum atomic E-state index is 0.108. The van der Waals surface area contributed by atoms with Crippen LogP contribution in [0.1, 0.15) is 39.4 Å². The number of rotatable bonds is 5. The van der Waals surface area contributed by atoms with Crippen LogP contribution in [0.2, 0.25) is 0 Å². The maximum absolute atomic E-state index is 4.30. The molecule has 2 heterocycles. The standard InChI is InChI=1S/C16H31N7/c1-13-7-6-8-23(10-13)16(2,3)11-19-15(17-4)18-9-14-20-12-21-22(14)5/h12-13H,6-11H2,1-5H3,(H2,17,18,19). The number of hydrogen-bond acceptors (Lipinski definition) is 4. The Hall–Kier alpha value is -1.63. The molecule has 7 nitrogen and oxygen atoms in total. The Morgan fingerprint density at radius 3 is 2.83 bits per heavy atom. The van der Waals surface area contributed by atoms with Gasteiger partial charge in [0.05, 0.1) is 6.54 Å². The molecule has 0 bridgehead atoms. The zero-order chi connectivity index (χ0) is 16.9. The first-order chi connectivity index (χ1) is 10.9. The lowest BCUT2D eigenvalue weighted by Crippen LogP contribution is -2.55. The van der Waals surface area contributed by atoms with E-state index in [9.17, 15) is 0 Å². The Labute approximate surface area is 139 Å². The van der Waals surface area contributed by atoms with E-state index in [1.165, 1.54) is 25.9 Å². The van der Waals surface area contributed by atoms with Crippen LogP contribution in [0.5, 0.6) is 0 Å². The Balaban J connectivity index is 1.83. The molecule has 0 saturated carbocycles. The third kappa shape index (κ3) is 4.92. The van der Waals surface area contributed by atoms with Crippen molar-refractivity contribution in [2.24, 2.45) is 18.0 Å². The van der Waals surface area contributed by atoms with Crippen molar-refractivity contribution in [3.05, 3.63) is 12.2 Å². The van der Waals surface area contributed by atoms with Crippen LogP contribution in [-0.4, -0.2) is 57.8 Å². The smallest absolute Gasteiger partial charge is 0.191 e. The maximum atomic E-state index is 4.30. The third-order valence-corrected chi connectivity index (χ3v) is 4.64. The molecule has 0 aliphatic carbocycles. The molecule has 7 heteroatoms. The van der Waals surface area contributed by atoms with Crippen LogP contribution in [0.3, 0.4) is 0 Å². The van der Waals surface area contributed by atoms with Crippen LogP contribution < -0.4 is 10.6 Å². The fourth-order valence-electron chi connectivity index (χ4n) is 3.01. The Kier molecular flexibility index (Phi) is 5.98. The second-order valence-electron chi connectivity index (χ2n) is 7.09. The zero-order valence-corrected chi connectivity index (χ0v) is 15.1.